The summed E-state index contributed by atoms with van der Waals surface area (Å²) in [5.74, 6) is 1.64. The quantitative estimate of drug-likeness (QED) is 0.625. The van der Waals surface area contributed by atoms with Gasteiger partial charge in [-0.2, -0.15) is 10.2 Å². The second-order valence-electron chi connectivity index (χ2n) is 3.57. The number of nitrogens with zero attached hydrogens (tertiary/aromatic N) is 4. The number of H-pyrrole nitrogens is 1. The van der Waals surface area contributed by atoms with Crippen molar-refractivity contribution in [3.63, 3.8) is 0 Å². The van der Waals surface area contributed by atoms with Crippen molar-refractivity contribution in [2.75, 3.05) is 17.6 Å². The van der Waals surface area contributed by atoms with Crippen LogP contribution in [-0.4, -0.2) is 31.5 Å². The van der Waals surface area contributed by atoms with Crippen LogP contribution in [0.5, 0.6) is 0 Å². The fraction of sp³-hybridized carbons (Fsp3) is 0.444. The van der Waals surface area contributed by atoms with Gasteiger partial charge in [0.2, 0.25) is 0 Å². The standard InChI is InChI=1S/C9H15N7/c1-16-5-7(10)9(15-16)11-4-2-3-8-12-6-13-14-8/h5-6H,2-4,10H2,1H3,(H,11,15)(H,12,13,14). The Bertz CT molecular complexity index is 431. The molecular weight excluding hydrogens is 206 g/mol. The van der Waals surface area contributed by atoms with Crippen molar-refractivity contribution >= 4 is 11.5 Å². The number of rotatable bonds is 5. The first-order chi connectivity index (χ1) is 7.75. The first-order valence-electron chi connectivity index (χ1n) is 5.13. The summed E-state index contributed by atoms with van der Waals surface area (Å²) in [5, 5.41) is 14.0. The summed E-state index contributed by atoms with van der Waals surface area (Å²) in [6.45, 7) is 0.807. The molecule has 2 aromatic rings. The monoisotopic (exact) mass is 221 g/mol. The van der Waals surface area contributed by atoms with Crippen molar-refractivity contribution in [3.8, 4) is 0 Å². The highest BCUT2D eigenvalue weighted by molar-refractivity contribution is 5.59. The molecule has 0 aliphatic heterocycles. The molecule has 0 aliphatic carbocycles. The molecule has 0 amide bonds. The maximum Gasteiger partial charge on any atom is 0.171 e. The predicted octanol–water partition coefficient (Wildman–Crippen LogP) is 0.165. The molecule has 4 N–H and O–H groups in total. The van der Waals surface area contributed by atoms with E-state index >= 15 is 0 Å². The van der Waals surface area contributed by atoms with Crippen molar-refractivity contribution in [1.29, 1.82) is 0 Å². The van der Waals surface area contributed by atoms with Gasteiger partial charge < -0.3 is 11.1 Å². The number of hydrogen-bond donors (Lipinski definition) is 3. The number of aryl methyl sites for hydroxylation is 2. The Balaban J connectivity index is 1.74. The third kappa shape index (κ3) is 2.50. The highest BCUT2D eigenvalue weighted by atomic mass is 15.3. The number of aromatic nitrogens is 5. The Morgan fingerprint density at radius 1 is 1.56 bits per heavy atom. The summed E-state index contributed by atoms with van der Waals surface area (Å²) < 4.78 is 1.69. The van der Waals surface area contributed by atoms with Gasteiger partial charge in [0.05, 0.1) is 5.69 Å². The molecule has 0 aliphatic rings. The number of nitrogens with two attached hydrogens (primary N) is 1. The summed E-state index contributed by atoms with van der Waals surface area (Å²) in [4.78, 5) is 4.04. The average Bonchev–Trinajstić information content (AvgIpc) is 2.84. The highest BCUT2D eigenvalue weighted by Crippen LogP contribution is 2.13. The normalized spacial score (nSPS) is 10.6. The number of aromatic amines is 1. The predicted molar refractivity (Wildman–Crippen MR) is 60.8 cm³/mol. The average molecular weight is 221 g/mol. The lowest BCUT2D eigenvalue weighted by atomic mass is 10.3. The van der Waals surface area contributed by atoms with Crippen LogP contribution in [0.1, 0.15) is 12.2 Å². The third-order valence-corrected chi connectivity index (χ3v) is 2.20. The Labute approximate surface area is 93.1 Å². The molecule has 2 heterocycles. The van der Waals surface area contributed by atoms with Gasteiger partial charge in [-0.3, -0.25) is 9.78 Å². The first kappa shape index (κ1) is 10.5. The van der Waals surface area contributed by atoms with Crippen LogP contribution in [0.2, 0.25) is 0 Å². The highest BCUT2D eigenvalue weighted by Gasteiger charge is 2.02. The molecule has 0 saturated carbocycles. The van der Waals surface area contributed by atoms with Crippen LogP contribution in [0.25, 0.3) is 0 Å². The molecule has 0 spiro atoms. The van der Waals surface area contributed by atoms with E-state index < -0.39 is 0 Å². The summed E-state index contributed by atoms with van der Waals surface area (Å²) in [5.41, 5.74) is 6.41. The lowest BCUT2D eigenvalue weighted by Crippen LogP contribution is -2.06. The lowest BCUT2D eigenvalue weighted by Gasteiger charge is -2.02. The molecule has 2 rings (SSSR count). The van der Waals surface area contributed by atoms with Crippen molar-refractivity contribution in [3.05, 3.63) is 18.3 Å². The van der Waals surface area contributed by atoms with E-state index in [0.717, 1.165) is 31.0 Å². The van der Waals surface area contributed by atoms with Crippen LogP contribution in [0, 0.1) is 0 Å². The maximum atomic E-state index is 5.74. The van der Waals surface area contributed by atoms with E-state index in [2.05, 4.69) is 25.6 Å². The van der Waals surface area contributed by atoms with Gasteiger partial charge in [0.1, 0.15) is 12.2 Å². The van der Waals surface area contributed by atoms with Crippen molar-refractivity contribution < 1.29 is 0 Å². The summed E-state index contributed by atoms with van der Waals surface area (Å²) in [6, 6.07) is 0. The molecule has 0 aromatic carbocycles. The van der Waals surface area contributed by atoms with E-state index in [1.165, 1.54) is 6.33 Å². The Morgan fingerprint density at radius 3 is 3.06 bits per heavy atom. The zero-order valence-electron chi connectivity index (χ0n) is 9.14. The van der Waals surface area contributed by atoms with Crippen molar-refractivity contribution in [1.82, 2.24) is 25.0 Å². The van der Waals surface area contributed by atoms with Crippen LogP contribution in [0.15, 0.2) is 12.5 Å². The number of anilines is 2. The summed E-state index contributed by atoms with van der Waals surface area (Å²) >= 11 is 0. The molecule has 0 radical (unpaired) electrons. The largest absolute Gasteiger partial charge is 0.394 e. The zero-order chi connectivity index (χ0) is 11.4. The minimum absolute atomic E-state index is 0.669. The van der Waals surface area contributed by atoms with Crippen LogP contribution in [-0.2, 0) is 13.5 Å². The summed E-state index contributed by atoms with van der Waals surface area (Å²) in [7, 11) is 1.84. The van der Waals surface area contributed by atoms with E-state index in [0.29, 0.717) is 5.69 Å². The Kier molecular flexibility index (Phi) is 3.04. The lowest BCUT2D eigenvalue weighted by molar-refractivity contribution is 0.761. The zero-order valence-corrected chi connectivity index (χ0v) is 9.14. The Morgan fingerprint density at radius 2 is 2.44 bits per heavy atom. The molecule has 0 unspecified atom stereocenters. The van der Waals surface area contributed by atoms with Crippen LogP contribution >= 0.6 is 0 Å². The van der Waals surface area contributed by atoms with Gasteiger partial charge >= 0.3 is 0 Å². The minimum atomic E-state index is 0.669. The molecule has 0 fully saturated rings. The third-order valence-electron chi connectivity index (χ3n) is 2.20. The van der Waals surface area contributed by atoms with Crippen LogP contribution in [0.4, 0.5) is 11.5 Å². The molecule has 0 saturated heterocycles. The second-order valence-corrected chi connectivity index (χ2v) is 3.57. The molecular formula is C9H15N7. The van der Waals surface area contributed by atoms with Gasteiger partial charge in [-0.05, 0) is 6.42 Å². The van der Waals surface area contributed by atoms with Gasteiger partial charge in [0.25, 0.3) is 0 Å². The first-order valence-corrected chi connectivity index (χ1v) is 5.13. The van der Waals surface area contributed by atoms with Gasteiger partial charge in [-0.25, -0.2) is 4.98 Å². The molecule has 16 heavy (non-hydrogen) atoms. The molecule has 7 nitrogen and oxygen atoms in total. The molecule has 0 bridgehead atoms. The molecule has 0 atom stereocenters. The van der Waals surface area contributed by atoms with Crippen molar-refractivity contribution in [2.45, 2.75) is 12.8 Å². The van der Waals surface area contributed by atoms with E-state index in [1.807, 2.05) is 7.05 Å². The summed E-state index contributed by atoms with van der Waals surface area (Å²) in [6.07, 6.45) is 5.10. The molecule has 86 valence electrons. The van der Waals surface area contributed by atoms with Gasteiger partial charge in [-0.1, -0.05) is 0 Å². The second kappa shape index (κ2) is 4.65. The number of hydrogen-bond acceptors (Lipinski definition) is 5. The van der Waals surface area contributed by atoms with E-state index in [1.54, 1.807) is 10.9 Å². The fourth-order valence-corrected chi connectivity index (χ4v) is 1.46. The van der Waals surface area contributed by atoms with Gasteiger partial charge in [-0.15, -0.1) is 0 Å². The minimum Gasteiger partial charge on any atom is -0.394 e. The van der Waals surface area contributed by atoms with E-state index in [-0.39, 0.29) is 0 Å². The molecule has 2 aromatic heterocycles. The van der Waals surface area contributed by atoms with Crippen molar-refractivity contribution in [2.24, 2.45) is 7.05 Å². The van der Waals surface area contributed by atoms with E-state index in [9.17, 15) is 0 Å². The van der Waals surface area contributed by atoms with Crippen LogP contribution < -0.4 is 11.1 Å². The number of nitrogens with one attached hydrogen (secondary N) is 2. The molecule has 7 heteroatoms. The van der Waals surface area contributed by atoms with Gasteiger partial charge in [0, 0.05) is 26.2 Å². The Hall–Kier alpha value is -2.05. The smallest absolute Gasteiger partial charge is 0.171 e. The van der Waals surface area contributed by atoms with Crippen LogP contribution in [0.3, 0.4) is 0 Å². The number of nitrogen functional groups attached to an aromatic ring is 1. The topological polar surface area (TPSA) is 97.4 Å². The fourth-order valence-electron chi connectivity index (χ4n) is 1.46. The van der Waals surface area contributed by atoms with E-state index in [4.69, 9.17) is 5.73 Å². The SMILES string of the molecule is Cn1cc(N)c(NCCCc2ncn[nH]2)n1. The van der Waals surface area contributed by atoms with Gasteiger partial charge in [0.15, 0.2) is 5.82 Å². The maximum absolute atomic E-state index is 5.74.